The van der Waals surface area contributed by atoms with Gasteiger partial charge in [0.25, 0.3) is 5.89 Å². The third-order valence-electron chi connectivity index (χ3n) is 2.87. The first-order chi connectivity index (χ1) is 8.60. The van der Waals surface area contributed by atoms with Crippen molar-refractivity contribution in [1.29, 1.82) is 0 Å². The van der Waals surface area contributed by atoms with Gasteiger partial charge >= 0.3 is 0 Å². The van der Waals surface area contributed by atoms with Gasteiger partial charge in [-0.2, -0.15) is 4.98 Å². The second kappa shape index (κ2) is 7.03. The fourth-order valence-electron chi connectivity index (χ4n) is 1.69. The van der Waals surface area contributed by atoms with E-state index in [1.807, 2.05) is 32.2 Å². The lowest BCUT2D eigenvalue weighted by atomic mass is 10.1. The molecular weight excluding hydrogens is 330 g/mol. The summed E-state index contributed by atoms with van der Waals surface area (Å²) in [5.41, 5.74) is 2.09. The van der Waals surface area contributed by atoms with Gasteiger partial charge in [-0.25, -0.2) is 0 Å². The predicted octanol–water partition coefficient (Wildman–Crippen LogP) is 3.38. The SMILES string of the molecule is CNC(C)Cc1noc(-c2ccc(Br)cc2C)n1.Cl. The molecule has 1 unspecified atom stereocenters. The lowest BCUT2D eigenvalue weighted by Crippen LogP contribution is -2.24. The lowest BCUT2D eigenvalue weighted by Gasteiger charge is -2.04. The van der Waals surface area contributed by atoms with Crippen LogP contribution in [-0.2, 0) is 6.42 Å². The third-order valence-corrected chi connectivity index (χ3v) is 3.36. The Hall–Kier alpha value is -0.910. The van der Waals surface area contributed by atoms with Crippen molar-refractivity contribution in [1.82, 2.24) is 15.5 Å². The van der Waals surface area contributed by atoms with E-state index in [1.165, 1.54) is 0 Å². The van der Waals surface area contributed by atoms with Gasteiger partial charge in [-0.3, -0.25) is 0 Å². The highest BCUT2D eigenvalue weighted by Crippen LogP contribution is 2.24. The zero-order valence-electron chi connectivity index (χ0n) is 11.1. The maximum Gasteiger partial charge on any atom is 0.258 e. The van der Waals surface area contributed by atoms with Crippen LogP contribution < -0.4 is 5.32 Å². The summed E-state index contributed by atoms with van der Waals surface area (Å²) in [5, 5.41) is 7.16. The number of aromatic nitrogens is 2. The Morgan fingerprint density at radius 2 is 2.16 bits per heavy atom. The van der Waals surface area contributed by atoms with Crippen molar-refractivity contribution in [3.05, 3.63) is 34.1 Å². The monoisotopic (exact) mass is 345 g/mol. The minimum absolute atomic E-state index is 0. The van der Waals surface area contributed by atoms with Crippen LogP contribution in [0.2, 0.25) is 0 Å². The summed E-state index contributed by atoms with van der Waals surface area (Å²) >= 11 is 3.44. The number of halogens is 2. The Morgan fingerprint density at radius 1 is 1.42 bits per heavy atom. The quantitative estimate of drug-likeness (QED) is 0.922. The minimum atomic E-state index is 0. The van der Waals surface area contributed by atoms with Gasteiger partial charge in [-0.15, -0.1) is 12.4 Å². The summed E-state index contributed by atoms with van der Waals surface area (Å²) in [4.78, 5) is 4.43. The summed E-state index contributed by atoms with van der Waals surface area (Å²) in [5.74, 6) is 1.31. The Morgan fingerprint density at radius 3 is 2.79 bits per heavy atom. The van der Waals surface area contributed by atoms with Crippen molar-refractivity contribution < 1.29 is 4.52 Å². The van der Waals surface area contributed by atoms with E-state index in [0.717, 1.165) is 27.8 Å². The van der Waals surface area contributed by atoms with Gasteiger partial charge in [0.05, 0.1) is 0 Å². The van der Waals surface area contributed by atoms with Crippen molar-refractivity contribution in [2.24, 2.45) is 0 Å². The standard InChI is InChI=1S/C13H16BrN3O.ClH/c1-8-6-10(14)4-5-11(8)13-16-12(17-18-13)7-9(2)15-3;/h4-6,9,15H,7H2,1-3H3;1H. The van der Waals surface area contributed by atoms with Gasteiger partial charge in [-0.1, -0.05) is 21.1 Å². The molecule has 0 saturated heterocycles. The van der Waals surface area contributed by atoms with E-state index < -0.39 is 0 Å². The van der Waals surface area contributed by atoms with Crippen molar-refractivity contribution >= 4 is 28.3 Å². The number of nitrogens with one attached hydrogen (secondary N) is 1. The van der Waals surface area contributed by atoms with E-state index in [2.05, 4.69) is 38.3 Å². The summed E-state index contributed by atoms with van der Waals surface area (Å²) in [7, 11) is 1.92. The zero-order valence-corrected chi connectivity index (χ0v) is 13.5. The molecule has 1 heterocycles. The largest absolute Gasteiger partial charge is 0.334 e. The summed E-state index contributed by atoms with van der Waals surface area (Å²) in [6.45, 7) is 4.11. The number of nitrogens with zero attached hydrogens (tertiary/aromatic N) is 2. The van der Waals surface area contributed by atoms with E-state index in [1.54, 1.807) is 0 Å². The Balaban J connectivity index is 0.00000180. The molecule has 6 heteroatoms. The van der Waals surface area contributed by atoms with E-state index in [0.29, 0.717) is 11.9 Å². The fraction of sp³-hybridized carbons (Fsp3) is 0.385. The molecule has 0 aliphatic heterocycles. The second-order valence-corrected chi connectivity index (χ2v) is 5.28. The van der Waals surface area contributed by atoms with Crippen LogP contribution in [0, 0.1) is 6.92 Å². The van der Waals surface area contributed by atoms with Crippen LogP contribution in [0.5, 0.6) is 0 Å². The van der Waals surface area contributed by atoms with Crippen LogP contribution in [0.25, 0.3) is 11.5 Å². The molecule has 1 aromatic heterocycles. The van der Waals surface area contributed by atoms with Crippen LogP contribution in [0.1, 0.15) is 18.3 Å². The van der Waals surface area contributed by atoms with E-state index in [-0.39, 0.29) is 12.4 Å². The Labute approximate surface area is 127 Å². The lowest BCUT2D eigenvalue weighted by molar-refractivity contribution is 0.418. The fourth-order valence-corrected chi connectivity index (χ4v) is 2.16. The second-order valence-electron chi connectivity index (χ2n) is 4.37. The number of benzene rings is 1. The predicted molar refractivity (Wildman–Crippen MR) is 81.6 cm³/mol. The molecule has 0 aliphatic carbocycles. The molecule has 0 radical (unpaired) electrons. The molecule has 0 bridgehead atoms. The average molecular weight is 347 g/mol. The molecule has 0 amide bonds. The van der Waals surface area contributed by atoms with Crippen LogP contribution in [0.3, 0.4) is 0 Å². The van der Waals surface area contributed by atoms with Crippen molar-refractivity contribution in [2.75, 3.05) is 7.05 Å². The maximum absolute atomic E-state index is 5.31. The molecule has 1 N–H and O–H groups in total. The molecule has 1 aromatic carbocycles. The highest BCUT2D eigenvalue weighted by atomic mass is 79.9. The van der Waals surface area contributed by atoms with Gasteiger partial charge in [-0.05, 0) is 44.7 Å². The molecule has 4 nitrogen and oxygen atoms in total. The number of hydrogen-bond acceptors (Lipinski definition) is 4. The van der Waals surface area contributed by atoms with Gasteiger partial charge in [0.2, 0.25) is 0 Å². The Bertz CT molecular complexity index is 544. The van der Waals surface area contributed by atoms with Gasteiger partial charge in [0.15, 0.2) is 5.82 Å². The molecule has 2 rings (SSSR count). The molecule has 2 aromatic rings. The normalized spacial score (nSPS) is 12.0. The molecule has 0 fully saturated rings. The molecule has 19 heavy (non-hydrogen) atoms. The number of likely N-dealkylation sites (N-methyl/N-ethyl adjacent to an activating group) is 1. The average Bonchev–Trinajstić information content (AvgIpc) is 2.77. The molecule has 0 saturated carbocycles. The van der Waals surface area contributed by atoms with Crippen molar-refractivity contribution in [3.8, 4) is 11.5 Å². The van der Waals surface area contributed by atoms with E-state index in [4.69, 9.17) is 4.52 Å². The van der Waals surface area contributed by atoms with Crippen LogP contribution in [0.4, 0.5) is 0 Å². The molecule has 1 atom stereocenters. The topological polar surface area (TPSA) is 51.0 Å². The first-order valence-electron chi connectivity index (χ1n) is 5.86. The molecule has 104 valence electrons. The minimum Gasteiger partial charge on any atom is -0.334 e. The van der Waals surface area contributed by atoms with Crippen LogP contribution in [-0.4, -0.2) is 23.2 Å². The third kappa shape index (κ3) is 4.03. The summed E-state index contributed by atoms with van der Waals surface area (Å²) in [6, 6.07) is 6.33. The summed E-state index contributed by atoms with van der Waals surface area (Å²) < 4.78 is 6.36. The molecular formula is C13H17BrClN3O. The van der Waals surface area contributed by atoms with Crippen molar-refractivity contribution in [3.63, 3.8) is 0 Å². The first-order valence-corrected chi connectivity index (χ1v) is 6.66. The smallest absolute Gasteiger partial charge is 0.258 e. The Kier molecular flexibility index (Phi) is 5.97. The molecule has 0 aliphatic rings. The van der Waals surface area contributed by atoms with E-state index >= 15 is 0 Å². The van der Waals surface area contributed by atoms with Crippen molar-refractivity contribution in [2.45, 2.75) is 26.3 Å². The number of hydrogen-bond donors (Lipinski definition) is 1. The highest BCUT2D eigenvalue weighted by Gasteiger charge is 2.12. The summed E-state index contributed by atoms with van der Waals surface area (Å²) in [6.07, 6.45) is 0.759. The van der Waals surface area contributed by atoms with E-state index in [9.17, 15) is 0 Å². The van der Waals surface area contributed by atoms with Gasteiger partial charge in [0.1, 0.15) is 0 Å². The van der Waals surface area contributed by atoms with Gasteiger partial charge in [0, 0.05) is 22.5 Å². The number of rotatable bonds is 4. The molecule has 0 spiro atoms. The highest BCUT2D eigenvalue weighted by molar-refractivity contribution is 9.10. The zero-order chi connectivity index (χ0) is 13.1. The van der Waals surface area contributed by atoms with Crippen LogP contribution >= 0.6 is 28.3 Å². The van der Waals surface area contributed by atoms with Gasteiger partial charge < -0.3 is 9.84 Å². The first kappa shape index (κ1) is 16.1. The van der Waals surface area contributed by atoms with Crippen LogP contribution in [0.15, 0.2) is 27.2 Å². The number of aryl methyl sites for hydroxylation is 1. The maximum atomic E-state index is 5.31.